The Labute approximate surface area is 176 Å². The number of amides is 1. The summed E-state index contributed by atoms with van der Waals surface area (Å²) in [6.45, 7) is 1.89. The molecule has 0 spiro atoms. The van der Waals surface area contributed by atoms with Gasteiger partial charge in [-0.15, -0.1) is 0 Å². The van der Waals surface area contributed by atoms with E-state index in [1.54, 1.807) is 37.4 Å². The molecule has 4 aromatic rings. The SMILES string of the molecule is COc1ccccc1C=NNC(=O)c1cnc2c(ccc3[nH]c(Cl)cc(C)c32)c1=O. The van der Waals surface area contributed by atoms with Gasteiger partial charge < -0.3 is 9.72 Å². The molecule has 0 fully saturated rings. The van der Waals surface area contributed by atoms with Crippen LogP contribution in [-0.4, -0.2) is 29.2 Å². The summed E-state index contributed by atoms with van der Waals surface area (Å²) in [5, 5.41) is 5.56. The summed E-state index contributed by atoms with van der Waals surface area (Å²) in [5.74, 6) is -0.0217. The minimum absolute atomic E-state index is 0.0883. The normalized spacial score (nSPS) is 11.3. The van der Waals surface area contributed by atoms with Crippen LogP contribution >= 0.6 is 11.6 Å². The van der Waals surface area contributed by atoms with E-state index >= 15 is 0 Å². The maximum absolute atomic E-state index is 12.9. The van der Waals surface area contributed by atoms with Crippen molar-refractivity contribution in [1.29, 1.82) is 0 Å². The number of benzene rings is 2. The fraction of sp³-hybridized carbons (Fsp3) is 0.0909. The number of carbonyl (C=O) groups is 1. The molecule has 8 heteroatoms. The monoisotopic (exact) mass is 420 g/mol. The molecule has 0 bridgehead atoms. The number of nitrogens with one attached hydrogen (secondary N) is 2. The van der Waals surface area contributed by atoms with Crippen LogP contribution in [-0.2, 0) is 0 Å². The molecule has 4 rings (SSSR count). The number of aryl methyl sites for hydroxylation is 1. The number of fused-ring (bicyclic) bond motifs is 3. The molecule has 0 aliphatic rings. The fourth-order valence-corrected chi connectivity index (χ4v) is 3.59. The number of aromatic nitrogens is 2. The zero-order chi connectivity index (χ0) is 21.3. The molecule has 0 aliphatic heterocycles. The summed E-state index contributed by atoms with van der Waals surface area (Å²) < 4.78 is 5.23. The largest absolute Gasteiger partial charge is 0.496 e. The van der Waals surface area contributed by atoms with Crippen LogP contribution in [0.3, 0.4) is 0 Å². The molecule has 2 aromatic heterocycles. The van der Waals surface area contributed by atoms with Gasteiger partial charge in [-0.05, 0) is 42.8 Å². The highest BCUT2D eigenvalue weighted by Crippen LogP contribution is 2.26. The summed E-state index contributed by atoms with van der Waals surface area (Å²) in [4.78, 5) is 32.9. The highest BCUT2D eigenvalue weighted by molar-refractivity contribution is 6.30. The molecule has 0 saturated carbocycles. The minimum atomic E-state index is -0.639. The predicted molar refractivity (Wildman–Crippen MR) is 118 cm³/mol. The Bertz CT molecular complexity index is 1380. The van der Waals surface area contributed by atoms with Crippen molar-refractivity contribution in [2.75, 3.05) is 7.11 Å². The van der Waals surface area contributed by atoms with Crippen molar-refractivity contribution in [3.05, 3.63) is 80.7 Å². The van der Waals surface area contributed by atoms with Crippen LogP contribution in [0.4, 0.5) is 0 Å². The smallest absolute Gasteiger partial charge is 0.276 e. The number of H-pyrrole nitrogens is 1. The van der Waals surface area contributed by atoms with E-state index < -0.39 is 11.3 Å². The van der Waals surface area contributed by atoms with Crippen molar-refractivity contribution in [2.45, 2.75) is 6.92 Å². The number of halogens is 1. The molecule has 0 unspecified atom stereocenters. The van der Waals surface area contributed by atoms with Crippen LogP contribution in [0.5, 0.6) is 5.75 Å². The van der Waals surface area contributed by atoms with Crippen LogP contribution in [0.15, 0.2) is 58.6 Å². The third-order valence-corrected chi connectivity index (χ3v) is 4.94. The van der Waals surface area contributed by atoms with Gasteiger partial charge in [-0.1, -0.05) is 23.7 Å². The summed E-state index contributed by atoms with van der Waals surface area (Å²) in [5.41, 5.74) is 4.71. The quantitative estimate of drug-likeness (QED) is 0.227. The van der Waals surface area contributed by atoms with Crippen LogP contribution in [0, 0.1) is 6.92 Å². The first-order valence-electron chi connectivity index (χ1n) is 9.07. The topological polar surface area (TPSA) is 96.4 Å². The third kappa shape index (κ3) is 3.51. The van der Waals surface area contributed by atoms with Gasteiger partial charge in [-0.2, -0.15) is 5.10 Å². The summed E-state index contributed by atoms with van der Waals surface area (Å²) in [6, 6.07) is 12.4. The Morgan fingerprint density at radius 3 is 2.87 bits per heavy atom. The second kappa shape index (κ2) is 7.96. The molecule has 0 saturated heterocycles. The summed E-state index contributed by atoms with van der Waals surface area (Å²) >= 11 is 6.07. The van der Waals surface area contributed by atoms with E-state index in [-0.39, 0.29) is 5.56 Å². The molecule has 2 aromatic carbocycles. The van der Waals surface area contributed by atoms with E-state index in [0.717, 1.165) is 16.5 Å². The van der Waals surface area contributed by atoms with Gasteiger partial charge >= 0.3 is 0 Å². The van der Waals surface area contributed by atoms with Crippen LogP contribution in [0.1, 0.15) is 21.5 Å². The second-order valence-corrected chi connectivity index (χ2v) is 7.03. The fourth-order valence-electron chi connectivity index (χ4n) is 3.33. The van der Waals surface area contributed by atoms with E-state index in [9.17, 15) is 9.59 Å². The van der Waals surface area contributed by atoms with Gasteiger partial charge in [0.15, 0.2) is 0 Å². The molecule has 0 aliphatic carbocycles. The Morgan fingerprint density at radius 1 is 1.27 bits per heavy atom. The van der Waals surface area contributed by atoms with Gasteiger partial charge in [-0.3, -0.25) is 14.6 Å². The first-order valence-corrected chi connectivity index (χ1v) is 9.44. The van der Waals surface area contributed by atoms with Crippen molar-refractivity contribution in [3.63, 3.8) is 0 Å². The van der Waals surface area contributed by atoms with Crippen molar-refractivity contribution in [3.8, 4) is 5.75 Å². The first kappa shape index (κ1) is 19.6. The van der Waals surface area contributed by atoms with Gasteiger partial charge in [0.1, 0.15) is 16.5 Å². The standard InChI is InChI=1S/C22H17ClN4O3/c1-12-9-18(23)26-16-8-7-14-20(19(12)16)24-11-15(21(14)28)22(29)27-25-10-13-5-3-4-6-17(13)30-2/h3-11,26H,1-2H3,(H,27,29). The lowest BCUT2D eigenvalue weighted by atomic mass is 10.0. The maximum atomic E-state index is 12.9. The molecule has 1 amide bonds. The summed E-state index contributed by atoms with van der Waals surface area (Å²) in [7, 11) is 1.55. The molecule has 0 radical (unpaired) electrons. The van der Waals surface area contributed by atoms with E-state index in [2.05, 4.69) is 20.5 Å². The maximum Gasteiger partial charge on any atom is 0.276 e. The Balaban J connectivity index is 1.68. The van der Waals surface area contributed by atoms with Crippen molar-refractivity contribution in [1.82, 2.24) is 15.4 Å². The van der Waals surface area contributed by atoms with Gasteiger partial charge in [-0.25, -0.2) is 5.43 Å². The number of carbonyl (C=O) groups excluding carboxylic acids is 1. The van der Waals surface area contributed by atoms with Crippen molar-refractivity contribution < 1.29 is 9.53 Å². The number of methoxy groups -OCH3 is 1. The number of hydrogen-bond acceptors (Lipinski definition) is 5. The highest BCUT2D eigenvalue weighted by Gasteiger charge is 2.16. The second-order valence-electron chi connectivity index (χ2n) is 6.63. The predicted octanol–water partition coefficient (Wildman–Crippen LogP) is 3.81. The van der Waals surface area contributed by atoms with Crippen LogP contribution in [0.2, 0.25) is 5.15 Å². The number of hydrazone groups is 1. The summed E-state index contributed by atoms with van der Waals surface area (Å²) in [6.07, 6.45) is 2.72. The lowest BCUT2D eigenvalue weighted by Crippen LogP contribution is -2.25. The molecule has 150 valence electrons. The molecular formula is C22H17ClN4O3. The van der Waals surface area contributed by atoms with Gasteiger partial charge in [0.05, 0.1) is 18.8 Å². The number of ether oxygens (including phenoxy) is 1. The average Bonchev–Trinajstić information content (AvgIpc) is 2.73. The Hall–Kier alpha value is -3.71. The first-order chi connectivity index (χ1) is 14.5. The average molecular weight is 421 g/mol. The molecule has 30 heavy (non-hydrogen) atoms. The lowest BCUT2D eigenvalue weighted by Gasteiger charge is -2.08. The van der Waals surface area contributed by atoms with Crippen molar-refractivity contribution >= 4 is 45.5 Å². The third-order valence-electron chi connectivity index (χ3n) is 4.73. The van der Waals surface area contributed by atoms with E-state index in [0.29, 0.717) is 27.4 Å². The van der Waals surface area contributed by atoms with Crippen LogP contribution < -0.4 is 15.6 Å². The number of rotatable bonds is 4. The molecule has 2 N–H and O–H groups in total. The lowest BCUT2D eigenvalue weighted by molar-refractivity contribution is 0.0954. The Morgan fingerprint density at radius 2 is 2.07 bits per heavy atom. The van der Waals surface area contributed by atoms with E-state index in [1.807, 2.05) is 19.1 Å². The molecule has 2 heterocycles. The van der Waals surface area contributed by atoms with E-state index in [4.69, 9.17) is 16.3 Å². The van der Waals surface area contributed by atoms with Gasteiger partial charge in [0.25, 0.3) is 5.91 Å². The van der Waals surface area contributed by atoms with E-state index in [1.165, 1.54) is 12.4 Å². The number of hydrogen-bond donors (Lipinski definition) is 2. The van der Waals surface area contributed by atoms with Gasteiger partial charge in [0.2, 0.25) is 5.43 Å². The molecule has 0 atom stereocenters. The molecular weight excluding hydrogens is 404 g/mol. The van der Waals surface area contributed by atoms with Gasteiger partial charge in [0, 0.05) is 28.0 Å². The Kier molecular flexibility index (Phi) is 5.20. The zero-order valence-electron chi connectivity index (χ0n) is 16.2. The van der Waals surface area contributed by atoms with Crippen molar-refractivity contribution in [2.24, 2.45) is 5.10 Å². The highest BCUT2D eigenvalue weighted by atomic mass is 35.5. The zero-order valence-corrected chi connectivity index (χ0v) is 16.9. The molecule has 7 nitrogen and oxygen atoms in total. The number of nitrogens with zero attached hydrogens (tertiary/aromatic N) is 2. The minimum Gasteiger partial charge on any atom is -0.496 e. The number of pyridine rings is 2. The number of para-hydroxylation sites is 1. The number of aromatic amines is 1. The van der Waals surface area contributed by atoms with Crippen LogP contribution in [0.25, 0.3) is 21.8 Å².